The van der Waals surface area contributed by atoms with Gasteiger partial charge in [-0.25, -0.2) is 0 Å². The Morgan fingerprint density at radius 1 is 1.33 bits per heavy atom. The van der Waals surface area contributed by atoms with Crippen LogP contribution in [0.4, 0.5) is 0 Å². The van der Waals surface area contributed by atoms with E-state index in [1.54, 1.807) is 11.8 Å². The molecule has 0 saturated carbocycles. The van der Waals surface area contributed by atoms with Gasteiger partial charge in [0.15, 0.2) is 0 Å². The maximum absolute atomic E-state index is 10.2. The fourth-order valence-corrected chi connectivity index (χ4v) is 1.94. The normalized spacial score (nSPS) is 15.2. The Balaban J connectivity index is 0. The zero-order valence-electron chi connectivity index (χ0n) is 12.1. The molecule has 0 bridgehead atoms. The van der Waals surface area contributed by atoms with Crippen molar-refractivity contribution in [1.29, 1.82) is 0 Å². The maximum Gasteiger partial charge on any atom is 0.320 e. The third-order valence-electron chi connectivity index (χ3n) is 2.53. The van der Waals surface area contributed by atoms with Crippen LogP contribution in [0, 0.1) is 5.92 Å². The van der Waals surface area contributed by atoms with Gasteiger partial charge < -0.3 is 15.9 Å². The number of nitrogens with two attached hydrogens (primary N) is 1. The molecule has 0 radical (unpaired) electrons. The number of carboxylic acid groups (broad SMARTS) is 1. The molecule has 0 fully saturated rings. The summed E-state index contributed by atoms with van der Waals surface area (Å²) in [5, 5.41) is 17.2. The molecule has 0 aromatic carbocycles. The first-order chi connectivity index (χ1) is 8.34. The predicted molar refractivity (Wildman–Crippen MR) is 79.0 cm³/mol. The van der Waals surface area contributed by atoms with E-state index in [1.165, 1.54) is 6.42 Å². The molecular formula is C13H29NO3S. The van der Waals surface area contributed by atoms with Gasteiger partial charge in [-0.1, -0.05) is 27.2 Å². The van der Waals surface area contributed by atoms with Crippen LogP contribution in [0.15, 0.2) is 0 Å². The standard InChI is InChI=1S/C7H16O.C6H13NO2S/c1-4-6(2)5-7(3)8;1-2-10-4-3-5(7)6(8)9/h6-8H,4-5H2,1-3H3;5H,2-4,7H2,1H3,(H,8,9)/t;5-/m.0/s1. The number of hydrogen-bond donors (Lipinski definition) is 3. The first-order valence-electron chi connectivity index (χ1n) is 6.59. The number of hydrogen-bond acceptors (Lipinski definition) is 4. The van der Waals surface area contributed by atoms with E-state index >= 15 is 0 Å². The van der Waals surface area contributed by atoms with Crippen LogP contribution >= 0.6 is 11.8 Å². The molecule has 110 valence electrons. The zero-order valence-corrected chi connectivity index (χ0v) is 12.9. The number of aliphatic carboxylic acids is 1. The molecule has 0 aliphatic rings. The van der Waals surface area contributed by atoms with E-state index in [-0.39, 0.29) is 6.10 Å². The van der Waals surface area contributed by atoms with Crippen molar-refractivity contribution >= 4 is 17.7 Å². The third-order valence-corrected chi connectivity index (χ3v) is 3.47. The second-order valence-electron chi connectivity index (χ2n) is 4.53. The van der Waals surface area contributed by atoms with Crippen LogP contribution in [0.25, 0.3) is 0 Å². The van der Waals surface area contributed by atoms with Gasteiger partial charge in [0, 0.05) is 0 Å². The largest absolute Gasteiger partial charge is 0.480 e. The molecule has 0 aromatic rings. The van der Waals surface area contributed by atoms with Gasteiger partial charge in [0.1, 0.15) is 6.04 Å². The highest BCUT2D eigenvalue weighted by Gasteiger charge is 2.09. The summed E-state index contributed by atoms with van der Waals surface area (Å²) in [6, 6.07) is -0.681. The minimum absolute atomic E-state index is 0.120. The van der Waals surface area contributed by atoms with Gasteiger partial charge >= 0.3 is 5.97 Å². The summed E-state index contributed by atoms with van der Waals surface area (Å²) in [7, 11) is 0. The Morgan fingerprint density at radius 3 is 2.17 bits per heavy atom. The lowest BCUT2D eigenvalue weighted by molar-refractivity contribution is -0.138. The smallest absolute Gasteiger partial charge is 0.320 e. The van der Waals surface area contributed by atoms with Crippen LogP contribution in [0.2, 0.25) is 0 Å². The first kappa shape index (κ1) is 20.1. The van der Waals surface area contributed by atoms with Gasteiger partial charge in [-0.2, -0.15) is 11.8 Å². The quantitative estimate of drug-likeness (QED) is 0.594. The van der Waals surface area contributed by atoms with Crippen molar-refractivity contribution in [2.45, 2.75) is 59.1 Å². The average molecular weight is 279 g/mol. The highest BCUT2D eigenvalue weighted by Crippen LogP contribution is 2.08. The van der Waals surface area contributed by atoms with Crippen LogP contribution in [0.5, 0.6) is 0 Å². The second kappa shape index (κ2) is 13.2. The van der Waals surface area contributed by atoms with E-state index in [2.05, 4.69) is 13.8 Å². The SMILES string of the molecule is CCC(C)CC(C)O.CCSCC[C@H](N)C(=O)O. The molecule has 5 heteroatoms. The van der Waals surface area contributed by atoms with Crippen molar-refractivity contribution < 1.29 is 15.0 Å². The lowest BCUT2D eigenvalue weighted by atomic mass is 10.0. The van der Waals surface area contributed by atoms with E-state index in [0.29, 0.717) is 12.3 Å². The molecule has 2 unspecified atom stereocenters. The highest BCUT2D eigenvalue weighted by molar-refractivity contribution is 7.99. The van der Waals surface area contributed by atoms with Crippen molar-refractivity contribution in [2.24, 2.45) is 11.7 Å². The Hall–Kier alpha value is -0.260. The first-order valence-corrected chi connectivity index (χ1v) is 7.74. The molecule has 4 nitrogen and oxygen atoms in total. The van der Waals surface area contributed by atoms with E-state index < -0.39 is 12.0 Å². The monoisotopic (exact) mass is 279 g/mol. The topological polar surface area (TPSA) is 83.5 Å². The zero-order chi connectivity index (χ0) is 14.6. The molecular weight excluding hydrogens is 250 g/mol. The minimum atomic E-state index is -0.906. The van der Waals surface area contributed by atoms with Crippen LogP contribution in [-0.2, 0) is 4.79 Å². The summed E-state index contributed by atoms with van der Waals surface area (Å²) < 4.78 is 0. The molecule has 3 atom stereocenters. The Bertz CT molecular complexity index is 201. The summed E-state index contributed by atoms with van der Waals surface area (Å²) in [4.78, 5) is 10.2. The van der Waals surface area contributed by atoms with Crippen molar-refractivity contribution in [2.75, 3.05) is 11.5 Å². The number of aliphatic hydroxyl groups excluding tert-OH is 1. The van der Waals surface area contributed by atoms with Gasteiger partial charge in [0.2, 0.25) is 0 Å². The minimum Gasteiger partial charge on any atom is -0.480 e. The maximum atomic E-state index is 10.2. The highest BCUT2D eigenvalue weighted by atomic mass is 32.2. The molecule has 0 amide bonds. The van der Waals surface area contributed by atoms with Crippen molar-refractivity contribution in [3.8, 4) is 0 Å². The van der Waals surface area contributed by atoms with Gasteiger partial charge in [-0.3, -0.25) is 4.79 Å². The van der Waals surface area contributed by atoms with Crippen LogP contribution in [0.3, 0.4) is 0 Å². The molecule has 0 saturated heterocycles. The van der Waals surface area contributed by atoms with Crippen molar-refractivity contribution in [1.82, 2.24) is 0 Å². The molecule has 18 heavy (non-hydrogen) atoms. The van der Waals surface area contributed by atoms with Crippen LogP contribution in [0.1, 0.15) is 47.0 Å². The fourth-order valence-electron chi connectivity index (χ4n) is 1.23. The number of carbonyl (C=O) groups is 1. The summed E-state index contributed by atoms with van der Waals surface area (Å²) in [6.07, 6.45) is 2.56. The van der Waals surface area contributed by atoms with Gasteiger partial charge in [0.25, 0.3) is 0 Å². The molecule has 0 aromatic heterocycles. The third kappa shape index (κ3) is 15.7. The molecule has 0 spiro atoms. The van der Waals surface area contributed by atoms with Crippen LogP contribution < -0.4 is 5.73 Å². The van der Waals surface area contributed by atoms with E-state index in [0.717, 1.165) is 17.9 Å². The summed E-state index contributed by atoms with van der Waals surface area (Å²) in [5.41, 5.74) is 5.24. The van der Waals surface area contributed by atoms with Gasteiger partial charge in [-0.05, 0) is 37.2 Å². The van der Waals surface area contributed by atoms with Crippen LogP contribution in [-0.4, -0.2) is 39.8 Å². The number of aliphatic hydroxyl groups is 1. The summed E-state index contributed by atoms with van der Waals surface area (Å²) in [5.74, 6) is 1.63. The number of carboxylic acids is 1. The second-order valence-corrected chi connectivity index (χ2v) is 5.92. The summed E-state index contributed by atoms with van der Waals surface area (Å²) in [6.45, 7) is 8.18. The lowest BCUT2D eigenvalue weighted by Crippen LogP contribution is -2.30. The Labute approximate surface area is 115 Å². The van der Waals surface area contributed by atoms with Gasteiger partial charge in [-0.15, -0.1) is 0 Å². The fraction of sp³-hybridized carbons (Fsp3) is 0.923. The van der Waals surface area contributed by atoms with Crippen molar-refractivity contribution in [3.63, 3.8) is 0 Å². The van der Waals surface area contributed by atoms with Crippen molar-refractivity contribution in [3.05, 3.63) is 0 Å². The molecule has 0 heterocycles. The predicted octanol–water partition coefficient (Wildman–Crippen LogP) is 2.34. The Morgan fingerprint density at radius 2 is 1.89 bits per heavy atom. The summed E-state index contributed by atoms with van der Waals surface area (Å²) >= 11 is 1.71. The average Bonchev–Trinajstić information content (AvgIpc) is 2.29. The van der Waals surface area contributed by atoms with E-state index in [1.807, 2.05) is 13.8 Å². The van der Waals surface area contributed by atoms with E-state index in [9.17, 15) is 4.79 Å². The molecule has 0 aliphatic carbocycles. The number of thioether (sulfide) groups is 1. The molecule has 4 N–H and O–H groups in total. The van der Waals surface area contributed by atoms with E-state index in [4.69, 9.17) is 15.9 Å². The Kier molecular flexibility index (Phi) is 14.7. The van der Waals surface area contributed by atoms with Gasteiger partial charge in [0.05, 0.1) is 6.10 Å². The molecule has 0 rings (SSSR count). The molecule has 0 aliphatic heterocycles. The lowest BCUT2D eigenvalue weighted by Gasteiger charge is -2.08. The number of rotatable bonds is 8.